The van der Waals surface area contributed by atoms with Crippen LogP contribution in [-0.4, -0.2) is 37.5 Å². The van der Waals surface area contributed by atoms with Gasteiger partial charge in [0, 0.05) is 12.6 Å². The van der Waals surface area contributed by atoms with Gasteiger partial charge in [0.1, 0.15) is 5.82 Å². The van der Waals surface area contributed by atoms with Crippen LogP contribution in [0, 0.1) is 5.82 Å². The third kappa shape index (κ3) is 3.73. The molecule has 1 aromatic heterocycles. The lowest BCUT2D eigenvalue weighted by Gasteiger charge is -2.24. The molecule has 0 spiro atoms. The van der Waals surface area contributed by atoms with E-state index in [4.69, 9.17) is 9.47 Å². The van der Waals surface area contributed by atoms with Gasteiger partial charge in [-0.25, -0.2) is 4.39 Å². The van der Waals surface area contributed by atoms with Crippen LogP contribution in [0.2, 0.25) is 0 Å². The summed E-state index contributed by atoms with van der Waals surface area (Å²) in [6.07, 6.45) is 1.32. The predicted octanol–water partition coefficient (Wildman–Crippen LogP) is 1.29. The molecule has 0 bridgehead atoms. The summed E-state index contributed by atoms with van der Waals surface area (Å²) >= 11 is 0. The zero-order valence-corrected chi connectivity index (χ0v) is 9.86. The van der Waals surface area contributed by atoms with E-state index in [1.807, 2.05) is 6.92 Å². The minimum Gasteiger partial charge on any atom is -0.376 e. The Morgan fingerprint density at radius 1 is 1.53 bits per heavy atom. The largest absolute Gasteiger partial charge is 0.376 e. The summed E-state index contributed by atoms with van der Waals surface area (Å²) in [7, 11) is 0. The van der Waals surface area contributed by atoms with Crippen molar-refractivity contribution in [3.05, 3.63) is 29.8 Å². The summed E-state index contributed by atoms with van der Waals surface area (Å²) in [6, 6.07) is 3.17. The molecule has 2 atom stereocenters. The first-order valence-electron chi connectivity index (χ1n) is 5.80. The summed E-state index contributed by atoms with van der Waals surface area (Å²) in [4.78, 5) is 4.03. The van der Waals surface area contributed by atoms with Crippen molar-refractivity contribution < 1.29 is 13.9 Å². The molecule has 0 aromatic carbocycles. The van der Waals surface area contributed by atoms with E-state index in [0.717, 1.165) is 5.69 Å². The minimum absolute atomic E-state index is 0.0705. The van der Waals surface area contributed by atoms with Gasteiger partial charge in [0.05, 0.1) is 37.8 Å². The van der Waals surface area contributed by atoms with Crippen molar-refractivity contribution in [1.29, 1.82) is 0 Å². The Labute approximate surface area is 100 Å². The summed E-state index contributed by atoms with van der Waals surface area (Å²) < 4.78 is 23.5. The van der Waals surface area contributed by atoms with Crippen molar-refractivity contribution >= 4 is 0 Å². The third-order valence-corrected chi connectivity index (χ3v) is 2.73. The van der Waals surface area contributed by atoms with E-state index in [2.05, 4.69) is 10.3 Å². The maximum atomic E-state index is 12.7. The Balaban J connectivity index is 1.80. The number of nitrogens with zero attached hydrogens (tertiary/aromatic N) is 1. The number of nitrogens with one attached hydrogen (secondary N) is 1. The average Bonchev–Trinajstić information content (AvgIpc) is 2.38. The molecule has 2 unspecified atom stereocenters. The zero-order chi connectivity index (χ0) is 12.1. The van der Waals surface area contributed by atoms with E-state index < -0.39 is 0 Å². The highest BCUT2D eigenvalue weighted by Gasteiger charge is 2.15. The molecule has 1 saturated heterocycles. The van der Waals surface area contributed by atoms with Crippen LogP contribution < -0.4 is 5.32 Å². The Kier molecular flexibility index (Phi) is 4.42. The van der Waals surface area contributed by atoms with Crippen molar-refractivity contribution in [2.24, 2.45) is 0 Å². The van der Waals surface area contributed by atoms with Gasteiger partial charge in [0.25, 0.3) is 0 Å². The lowest BCUT2D eigenvalue weighted by Crippen LogP contribution is -2.38. The second-order valence-electron chi connectivity index (χ2n) is 4.10. The molecule has 2 rings (SSSR count). The molecule has 1 aliphatic heterocycles. The lowest BCUT2D eigenvalue weighted by molar-refractivity contribution is -0.0870. The number of hydrogen-bond acceptors (Lipinski definition) is 4. The highest BCUT2D eigenvalue weighted by atomic mass is 19.1. The monoisotopic (exact) mass is 240 g/mol. The van der Waals surface area contributed by atoms with Gasteiger partial charge in [0.2, 0.25) is 0 Å². The normalized spacial score (nSPS) is 22.4. The van der Waals surface area contributed by atoms with Gasteiger partial charge < -0.3 is 14.8 Å². The molecule has 0 saturated carbocycles. The second-order valence-corrected chi connectivity index (χ2v) is 4.10. The molecular weight excluding hydrogens is 223 g/mol. The zero-order valence-electron chi connectivity index (χ0n) is 9.86. The number of ether oxygens (including phenoxy) is 2. The van der Waals surface area contributed by atoms with Gasteiger partial charge in [0.15, 0.2) is 0 Å². The number of halogens is 1. The molecule has 0 radical (unpaired) electrons. The molecule has 1 aromatic rings. The van der Waals surface area contributed by atoms with Gasteiger partial charge in [-0.05, 0) is 19.1 Å². The van der Waals surface area contributed by atoms with E-state index in [-0.39, 0.29) is 18.0 Å². The van der Waals surface area contributed by atoms with Crippen molar-refractivity contribution in [3.63, 3.8) is 0 Å². The fourth-order valence-electron chi connectivity index (χ4n) is 1.71. The van der Waals surface area contributed by atoms with Crippen molar-refractivity contribution in [3.8, 4) is 0 Å². The molecule has 2 heterocycles. The Morgan fingerprint density at radius 2 is 2.41 bits per heavy atom. The van der Waals surface area contributed by atoms with Crippen LogP contribution in [-0.2, 0) is 9.47 Å². The van der Waals surface area contributed by atoms with E-state index in [1.54, 1.807) is 6.07 Å². The number of rotatable bonds is 4. The molecule has 5 heteroatoms. The fourth-order valence-corrected chi connectivity index (χ4v) is 1.71. The molecule has 1 aliphatic rings. The van der Waals surface area contributed by atoms with Crippen LogP contribution in [0.25, 0.3) is 0 Å². The number of hydrogen-bond donors (Lipinski definition) is 1. The van der Waals surface area contributed by atoms with Crippen LogP contribution in [0.1, 0.15) is 18.7 Å². The van der Waals surface area contributed by atoms with E-state index in [9.17, 15) is 4.39 Å². The molecule has 0 amide bonds. The maximum Gasteiger partial charge on any atom is 0.141 e. The SMILES string of the molecule is CC(NCC1COCCO1)c1ccc(F)cn1. The quantitative estimate of drug-likeness (QED) is 0.861. The second kappa shape index (κ2) is 6.05. The van der Waals surface area contributed by atoms with Gasteiger partial charge in [-0.1, -0.05) is 0 Å². The molecule has 17 heavy (non-hydrogen) atoms. The summed E-state index contributed by atoms with van der Waals surface area (Å²) in [5.74, 6) is -0.315. The molecule has 1 N–H and O–H groups in total. The summed E-state index contributed by atoms with van der Waals surface area (Å²) in [5, 5.41) is 3.30. The summed E-state index contributed by atoms with van der Waals surface area (Å²) in [5.41, 5.74) is 0.822. The Morgan fingerprint density at radius 3 is 3.06 bits per heavy atom. The van der Waals surface area contributed by atoms with E-state index in [1.165, 1.54) is 12.3 Å². The topological polar surface area (TPSA) is 43.4 Å². The molecule has 0 aliphatic carbocycles. The lowest BCUT2D eigenvalue weighted by atomic mass is 10.2. The molecule has 1 fully saturated rings. The van der Waals surface area contributed by atoms with Crippen LogP contribution in [0.15, 0.2) is 18.3 Å². The minimum atomic E-state index is -0.315. The van der Waals surface area contributed by atoms with E-state index >= 15 is 0 Å². The van der Waals surface area contributed by atoms with Gasteiger partial charge in [-0.2, -0.15) is 0 Å². The van der Waals surface area contributed by atoms with Crippen LogP contribution >= 0.6 is 0 Å². The van der Waals surface area contributed by atoms with Gasteiger partial charge in [-0.3, -0.25) is 4.98 Å². The van der Waals surface area contributed by atoms with Crippen LogP contribution in [0.3, 0.4) is 0 Å². The highest BCUT2D eigenvalue weighted by molar-refractivity contribution is 5.08. The Bertz CT molecular complexity index is 339. The molecule has 4 nitrogen and oxygen atoms in total. The van der Waals surface area contributed by atoms with E-state index in [0.29, 0.717) is 26.4 Å². The fraction of sp³-hybridized carbons (Fsp3) is 0.583. The first-order valence-corrected chi connectivity index (χ1v) is 5.80. The molecule has 94 valence electrons. The van der Waals surface area contributed by atoms with Crippen LogP contribution in [0.5, 0.6) is 0 Å². The summed E-state index contributed by atoms with van der Waals surface area (Å²) in [6.45, 7) is 4.64. The Hall–Kier alpha value is -1.04. The number of aromatic nitrogens is 1. The smallest absolute Gasteiger partial charge is 0.141 e. The van der Waals surface area contributed by atoms with Crippen molar-refractivity contribution in [2.45, 2.75) is 19.1 Å². The predicted molar refractivity (Wildman–Crippen MR) is 61.2 cm³/mol. The highest BCUT2D eigenvalue weighted by Crippen LogP contribution is 2.10. The first kappa shape index (κ1) is 12.4. The standard InChI is InChI=1S/C12H17FN2O2/c1-9(12-3-2-10(13)6-15-12)14-7-11-8-16-4-5-17-11/h2-3,6,9,11,14H,4-5,7-8H2,1H3. The van der Waals surface area contributed by atoms with Gasteiger partial charge in [-0.15, -0.1) is 0 Å². The maximum absolute atomic E-state index is 12.7. The van der Waals surface area contributed by atoms with Crippen molar-refractivity contribution in [2.75, 3.05) is 26.4 Å². The first-order chi connectivity index (χ1) is 8.25. The third-order valence-electron chi connectivity index (χ3n) is 2.73. The van der Waals surface area contributed by atoms with Gasteiger partial charge >= 0.3 is 0 Å². The van der Waals surface area contributed by atoms with Crippen molar-refractivity contribution in [1.82, 2.24) is 10.3 Å². The number of pyridine rings is 1. The van der Waals surface area contributed by atoms with Crippen LogP contribution in [0.4, 0.5) is 4.39 Å². The average molecular weight is 240 g/mol. The molecular formula is C12H17FN2O2.